The molecule has 0 unspecified atom stereocenters. The van der Waals surface area contributed by atoms with Crippen molar-refractivity contribution in [2.45, 2.75) is 0 Å². The van der Waals surface area contributed by atoms with Crippen LogP contribution in [-0.4, -0.2) is 17.0 Å². The molecular formula is C14H9BrFNO3. The van der Waals surface area contributed by atoms with E-state index in [1.807, 2.05) is 0 Å². The van der Waals surface area contributed by atoms with Crippen molar-refractivity contribution in [2.75, 3.05) is 5.32 Å². The number of carboxylic acids is 1. The molecular weight excluding hydrogens is 329 g/mol. The molecule has 20 heavy (non-hydrogen) atoms. The Hall–Kier alpha value is -2.21. The number of halogens is 2. The second-order valence-electron chi connectivity index (χ2n) is 3.93. The molecule has 0 heterocycles. The molecule has 102 valence electrons. The summed E-state index contributed by atoms with van der Waals surface area (Å²) in [5.74, 6) is -2.20. The molecule has 0 saturated carbocycles. The van der Waals surface area contributed by atoms with Gasteiger partial charge in [-0.25, -0.2) is 9.18 Å². The molecule has 0 aliphatic heterocycles. The Morgan fingerprint density at radius 3 is 2.35 bits per heavy atom. The Bertz CT molecular complexity index is 688. The average Bonchev–Trinajstić information content (AvgIpc) is 2.43. The highest BCUT2D eigenvalue weighted by atomic mass is 79.9. The minimum atomic E-state index is -1.18. The maximum absolute atomic E-state index is 13.1. The van der Waals surface area contributed by atoms with Gasteiger partial charge in [0.15, 0.2) is 0 Å². The zero-order chi connectivity index (χ0) is 14.7. The highest BCUT2D eigenvalue weighted by Crippen LogP contribution is 2.21. The highest BCUT2D eigenvalue weighted by Gasteiger charge is 2.16. The number of carboxylic acid groups (broad SMARTS) is 1. The van der Waals surface area contributed by atoms with Gasteiger partial charge in [0.1, 0.15) is 5.82 Å². The summed E-state index contributed by atoms with van der Waals surface area (Å²) < 4.78 is 13.3. The first kappa shape index (κ1) is 14.2. The molecule has 0 spiro atoms. The van der Waals surface area contributed by atoms with Gasteiger partial charge in [-0.3, -0.25) is 4.79 Å². The van der Waals surface area contributed by atoms with Gasteiger partial charge >= 0.3 is 5.97 Å². The summed E-state index contributed by atoms with van der Waals surface area (Å²) in [7, 11) is 0. The number of benzene rings is 2. The standard InChI is InChI=1S/C14H9BrFNO3/c15-11-7-8(5-6-12(11)16)17-13(18)9-3-1-2-4-10(9)14(19)20/h1-7H,(H,17,18)(H,19,20). The summed E-state index contributed by atoms with van der Waals surface area (Å²) in [5.41, 5.74) is 0.315. The van der Waals surface area contributed by atoms with Gasteiger partial charge in [0.05, 0.1) is 15.6 Å². The zero-order valence-corrected chi connectivity index (χ0v) is 11.6. The van der Waals surface area contributed by atoms with Crippen LogP contribution in [0.1, 0.15) is 20.7 Å². The normalized spacial score (nSPS) is 10.1. The van der Waals surface area contributed by atoms with Crippen molar-refractivity contribution in [3.8, 4) is 0 Å². The first-order chi connectivity index (χ1) is 9.49. The molecule has 2 aromatic carbocycles. The Labute approximate surface area is 122 Å². The molecule has 0 aromatic heterocycles. The quantitative estimate of drug-likeness (QED) is 0.900. The molecule has 0 saturated heterocycles. The van der Waals surface area contributed by atoms with E-state index in [2.05, 4.69) is 21.2 Å². The van der Waals surface area contributed by atoms with Crippen molar-refractivity contribution < 1.29 is 19.1 Å². The van der Waals surface area contributed by atoms with E-state index in [4.69, 9.17) is 5.11 Å². The van der Waals surface area contributed by atoms with Gasteiger partial charge in [0.25, 0.3) is 5.91 Å². The molecule has 2 aromatic rings. The van der Waals surface area contributed by atoms with Crippen molar-refractivity contribution in [1.29, 1.82) is 0 Å². The number of rotatable bonds is 3. The Kier molecular flexibility index (Phi) is 4.14. The van der Waals surface area contributed by atoms with Gasteiger partial charge < -0.3 is 10.4 Å². The van der Waals surface area contributed by atoms with Crippen LogP contribution in [0.2, 0.25) is 0 Å². The molecule has 0 aliphatic rings. The van der Waals surface area contributed by atoms with Gasteiger partial charge in [-0.05, 0) is 46.3 Å². The number of nitrogens with one attached hydrogen (secondary N) is 1. The van der Waals surface area contributed by atoms with Gasteiger partial charge in [0.2, 0.25) is 0 Å². The van der Waals surface area contributed by atoms with E-state index in [0.29, 0.717) is 5.69 Å². The summed E-state index contributed by atoms with van der Waals surface area (Å²) in [6, 6.07) is 9.85. The third-order valence-electron chi connectivity index (χ3n) is 2.58. The third-order valence-corrected chi connectivity index (χ3v) is 3.19. The van der Waals surface area contributed by atoms with Crippen molar-refractivity contribution in [3.05, 3.63) is 63.9 Å². The highest BCUT2D eigenvalue weighted by molar-refractivity contribution is 9.10. The number of carbonyl (C=O) groups excluding carboxylic acids is 1. The lowest BCUT2D eigenvalue weighted by Gasteiger charge is -2.08. The fraction of sp³-hybridized carbons (Fsp3) is 0. The van der Waals surface area contributed by atoms with Crippen LogP contribution < -0.4 is 5.32 Å². The predicted octanol–water partition coefficient (Wildman–Crippen LogP) is 3.54. The van der Waals surface area contributed by atoms with E-state index < -0.39 is 17.7 Å². The van der Waals surface area contributed by atoms with Crippen molar-refractivity contribution >= 4 is 33.5 Å². The van der Waals surface area contributed by atoms with Crippen LogP contribution in [0.3, 0.4) is 0 Å². The second-order valence-corrected chi connectivity index (χ2v) is 4.79. The van der Waals surface area contributed by atoms with Crippen LogP contribution in [0, 0.1) is 5.82 Å². The molecule has 1 amide bonds. The summed E-state index contributed by atoms with van der Waals surface area (Å²) in [6.07, 6.45) is 0. The predicted molar refractivity (Wildman–Crippen MR) is 75.5 cm³/mol. The molecule has 0 fully saturated rings. The van der Waals surface area contributed by atoms with Gasteiger partial charge in [-0.15, -0.1) is 0 Å². The number of amides is 1. The summed E-state index contributed by atoms with van der Waals surface area (Å²) in [4.78, 5) is 23.1. The minimum Gasteiger partial charge on any atom is -0.478 e. The van der Waals surface area contributed by atoms with E-state index in [1.54, 1.807) is 6.07 Å². The topological polar surface area (TPSA) is 66.4 Å². The zero-order valence-electron chi connectivity index (χ0n) is 10.1. The number of carbonyl (C=O) groups is 2. The van der Waals surface area contributed by atoms with Crippen molar-refractivity contribution in [3.63, 3.8) is 0 Å². The molecule has 2 N–H and O–H groups in total. The third kappa shape index (κ3) is 3.03. The van der Waals surface area contributed by atoms with Gasteiger partial charge in [-0.1, -0.05) is 12.1 Å². The molecule has 0 aliphatic carbocycles. The maximum atomic E-state index is 13.1. The Morgan fingerprint density at radius 1 is 1.10 bits per heavy atom. The Balaban J connectivity index is 2.28. The van der Waals surface area contributed by atoms with Crippen LogP contribution >= 0.6 is 15.9 Å². The number of aromatic carboxylic acids is 1. The summed E-state index contributed by atoms with van der Waals surface area (Å²) in [6.45, 7) is 0. The van der Waals surface area contributed by atoms with E-state index >= 15 is 0 Å². The maximum Gasteiger partial charge on any atom is 0.336 e. The van der Waals surface area contributed by atoms with Crippen molar-refractivity contribution in [1.82, 2.24) is 0 Å². The number of hydrogen-bond donors (Lipinski definition) is 2. The van der Waals surface area contributed by atoms with Crippen LogP contribution in [0.5, 0.6) is 0 Å². The fourth-order valence-corrected chi connectivity index (χ4v) is 2.02. The van der Waals surface area contributed by atoms with Crippen LogP contribution in [0.15, 0.2) is 46.9 Å². The first-order valence-corrected chi connectivity index (χ1v) is 6.37. The average molecular weight is 338 g/mol. The summed E-state index contributed by atoms with van der Waals surface area (Å²) in [5, 5.41) is 11.5. The van der Waals surface area contributed by atoms with E-state index in [9.17, 15) is 14.0 Å². The largest absolute Gasteiger partial charge is 0.478 e. The SMILES string of the molecule is O=C(O)c1ccccc1C(=O)Nc1ccc(F)c(Br)c1. The molecule has 6 heteroatoms. The van der Waals surface area contributed by atoms with E-state index in [1.165, 1.54) is 36.4 Å². The lowest BCUT2D eigenvalue weighted by Crippen LogP contribution is -2.16. The fourth-order valence-electron chi connectivity index (χ4n) is 1.64. The summed E-state index contributed by atoms with van der Waals surface area (Å²) >= 11 is 3.01. The lowest BCUT2D eigenvalue weighted by molar-refractivity contribution is 0.0692. The number of anilines is 1. The molecule has 0 atom stereocenters. The lowest BCUT2D eigenvalue weighted by atomic mass is 10.1. The van der Waals surface area contributed by atoms with Crippen LogP contribution in [0.25, 0.3) is 0 Å². The van der Waals surface area contributed by atoms with Gasteiger partial charge in [-0.2, -0.15) is 0 Å². The number of hydrogen-bond acceptors (Lipinski definition) is 2. The smallest absolute Gasteiger partial charge is 0.336 e. The van der Waals surface area contributed by atoms with Crippen LogP contribution in [-0.2, 0) is 0 Å². The van der Waals surface area contributed by atoms with E-state index in [0.717, 1.165) is 0 Å². The molecule has 0 radical (unpaired) electrons. The molecule has 2 rings (SSSR count). The molecule has 4 nitrogen and oxygen atoms in total. The second kappa shape index (κ2) is 5.83. The van der Waals surface area contributed by atoms with Gasteiger partial charge in [0, 0.05) is 5.69 Å². The van der Waals surface area contributed by atoms with E-state index in [-0.39, 0.29) is 15.6 Å². The molecule has 0 bridgehead atoms. The Morgan fingerprint density at radius 2 is 1.75 bits per heavy atom. The van der Waals surface area contributed by atoms with Crippen molar-refractivity contribution in [2.24, 2.45) is 0 Å². The van der Waals surface area contributed by atoms with Crippen LogP contribution in [0.4, 0.5) is 10.1 Å². The monoisotopic (exact) mass is 337 g/mol. The minimum absolute atomic E-state index is 0.0421. The first-order valence-electron chi connectivity index (χ1n) is 5.58.